The van der Waals surface area contributed by atoms with E-state index in [1.807, 2.05) is 37.5 Å². The van der Waals surface area contributed by atoms with Gasteiger partial charge < -0.3 is 5.73 Å². The van der Waals surface area contributed by atoms with Gasteiger partial charge in [0.25, 0.3) is 0 Å². The van der Waals surface area contributed by atoms with Crippen molar-refractivity contribution in [1.82, 2.24) is 4.98 Å². The number of rotatable bonds is 4. The zero-order valence-electron chi connectivity index (χ0n) is 10.7. The Labute approximate surface area is 111 Å². The number of azide groups is 1. The van der Waals surface area contributed by atoms with Crippen LogP contribution in [0.5, 0.6) is 0 Å². The number of aryl methyl sites for hydroxylation is 1. The summed E-state index contributed by atoms with van der Waals surface area (Å²) < 4.78 is 0. The van der Waals surface area contributed by atoms with Gasteiger partial charge in [0.2, 0.25) is 0 Å². The summed E-state index contributed by atoms with van der Waals surface area (Å²) in [5.41, 5.74) is 19.3. The van der Waals surface area contributed by atoms with Gasteiger partial charge in [0.15, 0.2) is 0 Å². The first-order valence-corrected chi connectivity index (χ1v) is 5.98. The van der Waals surface area contributed by atoms with E-state index in [1.165, 1.54) is 0 Å². The molecule has 0 amide bonds. The van der Waals surface area contributed by atoms with E-state index in [4.69, 9.17) is 11.3 Å². The number of pyridine rings is 1. The second-order valence-corrected chi connectivity index (χ2v) is 4.38. The number of nitrogens with zero attached hydrogens (tertiary/aromatic N) is 4. The predicted molar refractivity (Wildman–Crippen MR) is 75.2 cm³/mol. The van der Waals surface area contributed by atoms with E-state index in [9.17, 15) is 0 Å². The molecular formula is C14H15N5. The Bertz CT molecular complexity index is 629. The Morgan fingerprint density at radius 1 is 1.16 bits per heavy atom. The molecule has 0 saturated carbocycles. The Balaban J connectivity index is 2.47. The van der Waals surface area contributed by atoms with E-state index >= 15 is 0 Å². The Kier molecular flexibility index (Phi) is 4.13. The van der Waals surface area contributed by atoms with Gasteiger partial charge >= 0.3 is 0 Å². The summed E-state index contributed by atoms with van der Waals surface area (Å²) in [6.07, 6.45) is 3.64. The summed E-state index contributed by atoms with van der Waals surface area (Å²) in [6.45, 7) is 2.79. The minimum atomic E-state index is 0.330. The molecule has 1 aromatic carbocycles. The average Bonchev–Trinajstić information content (AvgIpc) is 2.44. The first-order chi connectivity index (χ1) is 9.22. The van der Waals surface area contributed by atoms with Crippen LogP contribution in [-0.4, -0.2) is 4.98 Å². The first kappa shape index (κ1) is 13.1. The van der Waals surface area contributed by atoms with E-state index in [2.05, 4.69) is 21.1 Å². The zero-order valence-corrected chi connectivity index (χ0v) is 10.7. The van der Waals surface area contributed by atoms with Gasteiger partial charge in [0.05, 0.1) is 6.54 Å². The maximum Gasteiger partial charge on any atom is 0.0511 e. The molecule has 0 bridgehead atoms. The molecule has 5 nitrogen and oxygen atoms in total. The number of benzene rings is 1. The number of hydrogen-bond acceptors (Lipinski definition) is 3. The minimum absolute atomic E-state index is 0.330. The molecule has 0 spiro atoms. The molecule has 5 heteroatoms. The first-order valence-electron chi connectivity index (χ1n) is 5.98. The van der Waals surface area contributed by atoms with Crippen LogP contribution in [0, 0.1) is 6.92 Å². The average molecular weight is 253 g/mol. The fourth-order valence-corrected chi connectivity index (χ4v) is 1.96. The molecule has 1 aromatic heterocycles. The molecule has 0 atom stereocenters. The van der Waals surface area contributed by atoms with Crippen LogP contribution in [0.25, 0.3) is 21.6 Å². The van der Waals surface area contributed by atoms with Gasteiger partial charge in [-0.2, -0.15) is 0 Å². The van der Waals surface area contributed by atoms with Crippen molar-refractivity contribution in [1.29, 1.82) is 0 Å². The van der Waals surface area contributed by atoms with Crippen LogP contribution < -0.4 is 5.73 Å². The molecule has 2 rings (SSSR count). The van der Waals surface area contributed by atoms with E-state index in [0.29, 0.717) is 13.1 Å². The normalized spacial score (nSPS) is 10.0. The molecule has 2 aromatic rings. The van der Waals surface area contributed by atoms with E-state index in [1.54, 1.807) is 0 Å². The van der Waals surface area contributed by atoms with Crippen molar-refractivity contribution >= 4 is 0 Å². The third kappa shape index (κ3) is 3.31. The summed E-state index contributed by atoms with van der Waals surface area (Å²) in [5, 5.41) is 3.59. The molecule has 0 aliphatic rings. The fraction of sp³-hybridized carbons (Fsp3) is 0.214. The van der Waals surface area contributed by atoms with Gasteiger partial charge in [-0.25, -0.2) is 0 Å². The van der Waals surface area contributed by atoms with Gasteiger partial charge in [0, 0.05) is 29.4 Å². The Morgan fingerprint density at radius 3 is 2.63 bits per heavy atom. The van der Waals surface area contributed by atoms with Crippen LogP contribution in [-0.2, 0) is 13.1 Å². The lowest BCUT2D eigenvalue weighted by Gasteiger charge is -2.08. The molecule has 2 N–H and O–H groups in total. The molecule has 0 radical (unpaired) electrons. The van der Waals surface area contributed by atoms with Gasteiger partial charge in [-0.3, -0.25) is 4.98 Å². The van der Waals surface area contributed by atoms with Crippen molar-refractivity contribution in [3.05, 3.63) is 63.8 Å². The highest BCUT2D eigenvalue weighted by atomic mass is 15.1. The van der Waals surface area contributed by atoms with Crippen LogP contribution in [0.2, 0.25) is 0 Å². The lowest BCUT2D eigenvalue weighted by molar-refractivity contribution is 1.02. The standard InChI is InChI=1S/C14H15N5/c1-10-2-14(9-17-7-10)13-4-11(6-15)3-12(5-13)8-18-19-16/h2-5,7,9H,6,8,15H2,1H3. The third-order valence-electron chi connectivity index (χ3n) is 2.81. The van der Waals surface area contributed by atoms with Gasteiger partial charge in [-0.1, -0.05) is 17.2 Å². The third-order valence-corrected chi connectivity index (χ3v) is 2.81. The molecule has 19 heavy (non-hydrogen) atoms. The highest BCUT2D eigenvalue weighted by Crippen LogP contribution is 2.23. The highest BCUT2D eigenvalue weighted by molar-refractivity contribution is 5.65. The Hall–Kier alpha value is -2.36. The zero-order chi connectivity index (χ0) is 13.7. The monoisotopic (exact) mass is 253 g/mol. The lowest BCUT2D eigenvalue weighted by Crippen LogP contribution is -1.98. The largest absolute Gasteiger partial charge is 0.326 e. The molecule has 0 fully saturated rings. The summed E-state index contributed by atoms with van der Waals surface area (Å²) in [7, 11) is 0. The molecule has 96 valence electrons. The second kappa shape index (κ2) is 6.00. The summed E-state index contributed by atoms with van der Waals surface area (Å²) in [4.78, 5) is 6.98. The van der Waals surface area contributed by atoms with Crippen molar-refractivity contribution in [2.75, 3.05) is 0 Å². The smallest absolute Gasteiger partial charge is 0.0511 e. The highest BCUT2D eigenvalue weighted by Gasteiger charge is 2.03. The van der Waals surface area contributed by atoms with Gasteiger partial charge in [-0.05, 0) is 46.8 Å². The minimum Gasteiger partial charge on any atom is -0.326 e. The topological polar surface area (TPSA) is 87.7 Å². The fourth-order valence-electron chi connectivity index (χ4n) is 1.96. The number of aromatic nitrogens is 1. The Morgan fingerprint density at radius 2 is 1.95 bits per heavy atom. The van der Waals surface area contributed by atoms with Crippen LogP contribution in [0.15, 0.2) is 41.8 Å². The van der Waals surface area contributed by atoms with Gasteiger partial charge in [0.1, 0.15) is 0 Å². The second-order valence-electron chi connectivity index (χ2n) is 4.38. The maximum absolute atomic E-state index is 8.40. The van der Waals surface area contributed by atoms with Crippen molar-refractivity contribution in [2.45, 2.75) is 20.0 Å². The summed E-state index contributed by atoms with van der Waals surface area (Å²) in [6, 6.07) is 8.07. The van der Waals surface area contributed by atoms with Crippen LogP contribution in [0.1, 0.15) is 16.7 Å². The summed E-state index contributed by atoms with van der Waals surface area (Å²) in [5.74, 6) is 0. The molecule has 0 unspecified atom stereocenters. The number of hydrogen-bond donors (Lipinski definition) is 1. The van der Waals surface area contributed by atoms with Crippen molar-refractivity contribution < 1.29 is 0 Å². The van der Waals surface area contributed by atoms with E-state index < -0.39 is 0 Å². The predicted octanol–water partition coefficient (Wildman–Crippen LogP) is 3.33. The number of nitrogens with two attached hydrogens (primary N) is 1. The summed E-state index contributed by atoms with van der Waals surface area (Å²) >= 11 is 0. The van der Waals surface area contributed by atoms with Crippen molar-refractivity contribution in [3.8, 4) is 11.1 Å². The van der Waals surface area contributed by atoms with Crippen molar-refractivity contribution in [2.24, 2.45) is 10.8 Å². The maximum atomic E-state index is 8.40. The molecule has 1 heterocycles. The molecule has 0 aliphatic carbocycles. The quantitative estimate of drug-likeness (QED) is 0.514. The molecule has 0 saturated heterocycles. The lowest BCUT2D eigenvalue weighted by atomic mass is 10.00. The van der Waals surface area contributed by atoms with E-state index in [0.717, 1.165) is 27.8 Å². The van der Waals surface area contributed by atoms with E-state index in [-0.39, 0.29) is 0 Å². The van der Waals surface area contributed by atoms with Gasteiger partial charge in [-0.15, -0.1) is 0 Å². The molecule has 0 aliphatic heterocycles. The van der Waals surface area contributed by atoms with Crippen molar-refractivity contribution in [3.63, 3.8) is 0 Å². The SMILES string of the molecule is Cc1cncc(-c2cc(CN)cc(CN=[N+]=[N-])c2)c1. The van der Waals surface area contributed by atoms with Crippen LogP contribution in [0.3, 0.4) is 0 Å². The molecular weight excluding hydrogens is 238 g/mol. The van der Waals surface area contributed by atoms with Crippen LogP contribution in [0.4, 0.5) is 0 Å². The van der Waals surface area contributed by atoms with Crippen LogP contribution >= 0.6 is 0 Å².